The standard InChI is InChI=1S/C15H19N3O3/c1-9(2)13(16-10(3)19)15-17-14(18-21-15)11-6-5-7-12(8-11)20-4/h5-9,13H,1-4H3,(H,16,19). The number of nitrogens with one attached hydrogen (secondary N) is 1. The molecule has 1 N–H and O–H groups in total. The summed E-state index contributed by atoms with van der Waals surface area (Å²) >= 11 is 0. The fourth-order valence-electron chi connectivity index (χ4n) is 1.97. The van der Waals surface area contributed by atoms with Gasteiger partial charge in [-0.2, -0.15) is 4.98 Å². The van der Waals surface area contributed by atoms with E-state index in [0.717, 1.165) is 11.3 Å². The number of carbonyl (C=O) groups excluding carboxylic acids is 1. The second-order valence-corrected chi connectivity index (χ2v) is 5.11. The van der Waals surface area contributed by atoms with Crippen molar-refractivity contribution in [1.29, 1.82) is 0 Å². The highest BCUT2D eigenvalue weighted by atomic mass is 16.5. The summed E-state index contributed by atoms with van der Waals surface area (Å²) in [5, 5.41) is 6.80. The van der Waals surface area contributed by atoms with Gasteiger partial charge in [0.25, 0.3) is 0 Å². The summed E-state index contributed by atoms with van der Waals surface area (Å²) in [6.45, 7) is 5.43. The molecular formula is C15H19N3O3. The van der Waals surface area contributed by atoms with Gasteiger partial charge in [0.15, 0.2) is 0 Å². The smallest absolute Gasteiger partial charge is 0.249 e. The van der Waals surface area contributed by atoms with Crippen LogP contribution in [0.15, 0.2) is 28.8 Å². The summed E-state index contributed by atoms with van der Waals surface area (Å²) < 4.78 is 10.5. The molecule has 0 spiro atoms. The molecule has 0 aliphatic heterocycles. The minimum absolute atomic E-state index is 0.130. The average molecular weight is 289 g/mol. The van der Waals surface area contributed by atoms with Crippen molar-refractivity contribution in [2.75, 3.05) is 7.11 Å². The molecule has 0 aliphatic carbocycles. The Morgan fingerprint density at radius 2 is 2.14 bits per heavy atom. The molecule has 6 nitrogen and oxygen atoms in total. The van der Waals surface area contributed by atoms with Crippen molar-refractivity contribution >= 4 is 5.91 Å². The van der Waals surface area contributed by atoms with Crippen LogP contribution in [0.25, 0.3) is 11.4 Å². The molecule has 112 valence electrons. The number of rotatable bonds is 5. The second kappa shape index (κ2) is 6.39. The molecule has 1 atom stereocenters. The first-order valence-corrected chi connectivity index (χ1v) is 6.76. The normalized spacial score (nSPS) is 12.2. The predicted molar refractivity (Wildman–Crippen MR) is 77.7 cm³/mol. The molecule has 0 aliphatic rings. The maximum atomic E-state index is 11.3. The van der Waals surface area contributed by atoms with Gasteiger partial charge in [-0.1, -0.05) is 31.1 Å². The number of aromatic nitrogens is 2. The van der Waals surface area contributed by atoms with Crippen molar-refractivity contribution in [2.24, 2.45) is 5.92 Å². The predicted octanol–water partition coefficient (Wildman–Crippen LogP) is 2.58. The maximum absolute atomic E-state index is 11.3. The Morgan fingerprint density at radius 3 is 2.76 bits per heavy atom. The molecule has 1 aromatic heterocycles. The first-order valence-electron chi connectivity index (χ1n) is 6.76. The third-order valence-electron chi connectivity index (χ3n) is 3.06. The first-order chi connectivity index (χ1) is 10.0. The molecule has 0 bridgehead atoms. The van der Waals surface area contributed by atoms with Crippen molar-refractivity contribution in [3.05, 3.63) is 30.2 Å². The van der Waals surface area contributed by atoms with Gasteiger partial charge in [-0.05, 0) is 18.1 Å². The highest BCUT2D eigenvalue weighted by Gasteiger charge is 2.23. The van der Waals surface area contributed by atoms with Crippen LogP contribution in [0.4, 0.5) is 0 Å². The van der Waals surface area contributed by atoms with Crippen LogP contribution in [0.2, 0.25) is 0 Å². The molecule has 0 fully saturated rings. The molecule has 0 saturated heterocycles. The monoisotopic (exact) mass is 289 g/mol. The van der Waals surface area contributed by atoms with Gasteiger partial charge < -0.3 is 14.6 Å². The lowest BCUT2D eigenvalue weighted by Gasteiger charge is -2.16. The molecule has 1 aromatic carbocycles. The fourth-order valence-corrected chi connectivity index (χ4v) is 1.97. The highest BCUT2D eigenvalue weighted by Crippen LogP contribution is 2.25. The number of amides is 1. The van der Waals surface area contributed by atoms with Gasteiger partial charge in [0, 0.05) is 12.5 Å². The molecule has 1 heterocycles. The SMILES string of the molecule is COc1cccc(-c2noc(C(NC(C)=O)C(C)C)n2)c1. The van der Waals surface area contributed by atoms with Gasteiger partial charge >= 0.3 is 0 Å². The highest BCUT2D eigenvalue weighted by molar-refractivity contribution is 5.73. The Balaban J connectivity index is 2.29. The quantitative estimate of drug-likeness (QED) is 0.915. The summed E-state index contributed by atoms with van der Waals surface area (Å²) in [4.78, 5) is 15.7. The van der Waals surface area contributed by atoms with Crippen LogP contribution in [0.1, 0.15) is 32.7 Å². The van der Waals surface area contributed by atoms with Crippen molar-refractivity contribution in [3.8, 4) is 17.1 Å². The van der Waals surface area contributed by atoms with Gasteiger partial charge in [-0.15, -0.1) is 0 Å². The number of nitrogens with zero attached hydrogens (tertiary/aromatic N) is 2. The van der Waals surface area contributed by atoms with Gasteiger partial charge in [0.1, 0.15) is 11.8 Å². The van der Waals surface area contributed by atoms with Gasteiger partial charge in [-0.3, -0.25) is 4.79 Å². The largest absolute Gasteiger partial charge is 0.497 e. The van der Waals surface area contributed by atoms with Crippen molar-refractivity contribution in [2.45, 2.75) is 26.8 Å². The molecule has 2 aromatic rings. The Hall–Kier alpha value is -2.37. The van der Waals surface area contributed by atoms with Crippen LogP contribution in [0.3, 0.4) is 0 Å². The van der Waals surface area contributed by atoms with E-state index in [4.69, 9.17) is 9.26 Å². The molecule has 0 saturated carbocycles. The van der Waals surface area contributed by atoms with E-state index in [9.17, 15) is 4.79 Å². The minimum Gasteiger partial charge on any atom is -0.497 e. The molecule has 1 unspecified atom stereocenters. The van der Waals surface area contributed by atoms with E-state index in [1.54, 1.807) is 7.11 Å². The van der Waals surface area contributed by atoms with Crippen LogP contribution in [0.5, 0.6) is 5.75 Å². The number of hydrogen-bond acceptors (Lipinski definition) is 5. The zero-order valence-electron chi connectivity index (χ0n) is 12.6. The lowest BCUT2D eigenvalue weighted by Crippen LogP contribution is -2.29. The minimum atomic E-state index is -0.297. The summed E-state index contributed by atoms with van der Waals surface area (Å²) in [5.41, 5.74) is 0.801. The third-order valence-corrected chi connectivity index (χ3v) is 3.06. The summed E-state index contributed by atoms with van der Waals surface area (Å²) in [6.07, 6.45) is 0. The van der Waals surface area contributed by atoms with E-state index in [-0.39, 0.29) is 17.9 Å². The van der Waals surface area contributed by atoms with E-state index >= 15 is 0 Å². The van der Waals surface area contributed by atoms with E-state index in [0.29, 0.717) is 11.7 Å². The van der Waals surface area contributed by atoms with Gasteiger partial charge in [-0.25, -0.2) is 0 Å². The summed E-state index contributed by atoms with van der Waals surface area (Å²) in [5.74, 6) is 1.61. The number of benzene rings is 1. The zero-order valence-corrected chi connectivity index (χ0v) is 12.6. The molecular weight excluding hydrogens is 270 g/mol. The summed E-state index contributed by atoms with van der Waals surface area (Å²) in [7, 11) is 1.60. The van der Waals surface area contributed by atoms with E-state index in [1.165, 1.54) is 6.92 Å². The van der Waals surface area contributed by atoms with Crippen molar-refractivity contribution in [3.63, 3.8) is 0 Å². The molecule has 21 heavy (non-hydrogen) atoms. The molecule has 1 amide bonds. The first kappa shape index (κ1) is 15.0. The van der Waals surface area contributed by atoms with Crippen LogP contribution < -0.4 is 10.1 Å². The molecule has 0 radical (unpaired) electrons. The number of hydrogen-bond donors (Lipinski definition) is 1. The van der Waals surface area contributed by atoms with Crippen LogP contribution in [-0.4, -0.2) is 23.2 Å². The maximum Gasteiger partial charge on any atom is 0.249 e. The van der Waals surface area contributed by atoms with Gasteiger partial charge in [0.2, 0.25) is 17.6 Å². The number of carbonyl (C=O) groups is 1. The van der Waals surface area contributed by atoms with E-state index in [2.05, 4.69) is 15.5 Å². The van der Waals surface area contributed by atoms with Crippen molar-refractivity contribution in [1.82, 2.24) is 15.5 Å². The Labute approximate surface area is 123 Å². The fraction of sp³-hybridized carbons (Fsp3) is 0.400. The topological polar surface area (TPSA) is 77.3 Å². The van der Waals surface area contributed by atoms with Crippen LogP contribution in [0, 0.1) is 5.92 Å². The van der Waals surface area contributed by atoms with Crippen LogP contribution >= 0.6 is 0 Å². The molecule has 2 rings (SSSR count). The Kier molecular flexibility index (Phi) is 4.57. The third kappa shape index (κ3) is 3.59. The summed E-state index contributed by atoms with van der Waals surface area (Å²) in [6, 6.07) is 7.11. The zero-order chi connectivity index (χ0) is 15.4. The Morgan fingerprint density at radius 1 is 1.38 bits per heavy atom. The van der Waals surface area contributed by atoms with Gasteiger partial charge in [0.05, 0.1) is 7.11 Å². The van der Waals surface area contributed by atoms with Crippen molar-refractivity contribution < 1.29 is 14.1 Å². The Bertz CT molecular complexity index is 622. The van der Waals surface area contributed by atoms with E-state index < -0.39 is 0 Å². The number of methoxy groups -OCH3 is 1. The molecule has 6 heteroatoms. The lowest BCUT2D eigenvalue weighted by molar-refractivity contribution is -0.120. The lowest BCUT2D eigenvalue weighted by atomic mass is 10.0. The average Bonchev–Trinajstić information content (AvgIpc) is 2.94. The second-order valence-electron chi connectivity index (χ2n) is 5.11. The van der Waals surface area contributed by atoms with Crippen LogP contribution in [-0.2, 0) is 4.79 Å². The van der Waals surface area contributed by atoms with E-state index in [1.807, 2.05) is 38.1 Å². The number of ether oxygens (including phenoxy) is 1.